The van der Waals surface area contributed by atoms with E-state index in [1.807, 2.05) is 0 Å². The molecule has 5 nitrogen and oxygen atoms in total. The van der Waals surface area contributed by atoms with Crippen molar-refractivity contribution in [3.05, 3.63) is 57.8 Å². The number of carbonyl (C=O) groups is 2. The topological polar surface area (TPSA) is 64.6 Å². The molecule has 0 saturated heterocycles. The molecule has 0 heterocycles. The summed E-state index contributed by atoms with van der Waals surface area (Å²) in [6.07, 6.45) is -1.04. The molecule has 0 saturated carbocycles. The molecular formula is C18H17BrFNO4. The minimum absolute atomic E-state index is 0.272. The van der Waals surface area contributed by atoms with Gasteiger partial charge in [-0.2, -0.15) is 0 Å². The largest absolute Gasteiger partial charge is 0.496 e. The first kappa shape index (κ1) is 18.9. The summed E-state index contributed by atoms with van der Waals surface area (Å²) in [5.41, 5.74) is 1.04. The summed E-state index contributed by atoms with van der Waals surface area (Å²) in [5.74, 6) is -1.06. The van der Waals surface area contributed by atoms with Crippen LogP contribution in [0.5, 0.6) is 5.75 Å². The molecule has 0 aliphatic carbocycles. The van der Waals surface area contributed by atoms with Gasteiger partial charge in [-0.3, -0.25) is 4.79 Å². The molecule has 0 aliphatic rings. The third-order valence-corrected chi connectivity index (χ3v) is 4.10. The minimum atomic E-state index is -1.04. The summed E-state index contributed by atoms with van der Waals surface area (Å²) in [6, 6.07) is 9.03. The Morgan fingerprint density at radius 3 is 2.52 bits per heavy atom. The average Bonchev–Trinajstić information content (AvgIpc) is 2.57. The molecule has 25 heavy (non-hydrogen) atoms. The summed E-state index contributed by atoms with van der Waals surface area (Å²) >= 11 is 3.28. The van der Waals surface area contributed by atoms with Crippen LogP contribution in [0, 0.1) is 12.7 Å². The lowest BCUT2D eigenvalue weighted by Crippen LogP contribution is -2.30. The fourth-order valence-corrected chi connectivity index (χ4v) is 2.53. The number of carbonyl (C=O) groups excluding carboxylic acids is 2. The van der Waals surface area contributed by atoms with Gasteiger partial charge >= 0.3 is 5.97 Å². The first-order valence-corrected chi connectivity index (χ1v) is 8.22. The molecule has 0 bridgehead atoms. The second kappa shape index (κ2) is 8.11. The SMILES string of the molecule is COc1ccc(C(=O)O[C@H](C)C(=O)Nc2ccc(C)c(F)c2)cc1Br. The Balaban J connectivity index is 2.01. The second-order valence-corrected chi connectivity index (χ2v) is 6.20. The van der Waals surface area contributed by atoms with Crippen molar-refractivity contribution in [3.63, 3.8) is 0 Å². The molecule has 0 radical (unpaired) electrons. The Morgan fingerprint density at radius 2 is 1.92 bits per heavy atom. The summed E-state index contributed by atoms with van der Waals surface area (Å²) in [6.45, 7) is 3.06. The van der Waals surface area contributed by atoms with Crippen molar-refractivity contribution < 1.29 is 23.5 Å². The molecule has 1 amide bonds. The molecule has 7 heteroatoms. The van der Waals surface area contributed by atoms with Gasteiger partial charge in [0.25, 0.3) is 5.91 Å². The highest BCUT2D eigenvalue weighted by molar-refractivity contribution is 9.10. The van der Waals surface area contributed by atoms with Crippen LogP contribution in [-0.2, 0) is 9.53 Å². The molecule has 0 aliphatic heterocycles. The van der Waals surface area contributed by atoms with Crippen LogP contribution in [0.1, 0.15) is 22.8 Å². The van der Waals surface area contributed by atoms with Crippen molar-refractivity contribution in [3.8, 4) is 5.75 Å². The first-order valence-electron chi connectivity index (χ1n) is 7.43. The van der Waals surface area contributed by atoms with Gasteiger partial charge in [0.1, 0.15) is 11.6 Å². The van der Waals surface area contributed by atoms with Gasteiger partial charge in [-0.1, -0.05) is 6.07 Å². The molecule has 2 aromatic carbocycles. The average molecular weight is 410 g/mol. The number of methoxy groups -OCH3 is 1. The number of benzene rings is 2. The lowest BCUT2D eigenvalue weighted by molar-refractivity contribution is -0.123. The third-order valence-electron chi connectivity index (χ3n) is 3.48. The molecule has 0 unspecified atom stereocenters. The van der Waals surface area contributed by atoms with E-state index in [1.165, 1.54) is 26.2 Å². The number of amides is 1. The number of aryl methyl sites for hydroxylation is 1. The monoisotopic (exact) mass is 409 g/mol. The van der Waals surface area contributed by atoms with Crippen molar-refractivity contribution in [2.24, 2.45) is 0 Å². The number of ether oxygens (including phenoxy) is 2. The van der Waals surface area contributed by atoms with Gasteiger partial charge in [-0.15, -0.1) is 0 Å². The molecule has 2 aromatic rings. The van der Waals surface area contributed by atoms with E-state index in [2.05, 4.69) is 21.2 Å². The van der Waals surface area contributed by atoms with Crippen molar-refractivity contribution in [2.75, 3.05) is 12.4 Å². The highest BCUT2D eigenvalue weighted by Crippen LogP contribution is 2.26. The molecule has 1 N–H and O–H groups in total. The Kier molecular flexibility index (Phi) is 6.14. The standard InChI is InChI=1S/C18H17BrFNO4/c1-10-4-6-13(9-15(10)20)21-17(22)11(2)25-18(23)12-5-7-16(24-3)14(19)8-12/h4-9,11H,1-3H3,(H,21,22)/t11-/m1/s1. The van der Waals surface area contributed by atoms with Gasteiger partial charge < -0.3 is 14.8 Å². The number of esters is 1. The van der Waals surface area contributed by atoms with E-state index in [0.717, 1.165) is 0 Å². The van der Waals surface area contributed by atoms with Gasteiger partial charge in [0, 0.05) is 5.69 Å². The van der Waals surface area contributed by atoms with Crippen LogP contribution in [-0.4, -0.2) is 25.1 Å². The number of halogens is 2. The number of anilines is 1. The Hall–Kier alpha value is -2.41. The zero-order valence-corrected chi connectivity index (χ0v) is 15.5. The molecule has 0 fully saturated rings. The number of hydrogen-bond donors (Lipinski definition) is 1. The van der Waals surface area contributed by atoms with E-state index in [4.69, 9.17) is 9.47 Å². The Morgan fingerprint density at radius 1 is 1.20 bits per heavy atom. The summed E-state index contributed by atoms with van der Waals surface area (Å²) < 4.78 is 24.3. The van der Waals surface area contributed by atoms with Crippen molar-refractivity contribution in [2.45, 2.75) is 20.0 Å². The van der Waals surface area contributed by atoms with Gasteiger partial charge in [-0.25, -0.2) is 9.18 Å². The third kappa shape index (κ3) is 4.79. The summed E-state index contributed by atoms with van der Waals surface area (Å²) in [4.78, 5) is 24.2. The minimum Gasteiger partial charge on any atom is -0.496 e. The predicted octanol–water partition coefficient (Wildman–Crippen LogP) is 4.09. The fourth-order valence-electron chi connectivity index (χ4n) is 1.99. The van der Waals surface area contributed by atoms with Gasteiger partial charge in [-0.05, 0) is 65.7 Å². The normalized spacial score (nSPS) is 11.6. The molecule has 1 atom stereocenters. The molecule has 132 valence electrons. The van der Waals surface area contributed by atoms with Crippen LogP contribution < -0.4 is 10.1 Å². The van der Waals surface area contributed by atoms with Crippen molar-refractivity contribution >= 4 is 33.5 Å². The lowest BCUT2D eigenvalue weighted by Gasteiger charge is -2.14. The number of hydrogen-bond acceptors (Lipinski definition) is 4. The molecule has 0 aromatic heterocycles. The summed E-state index contributed by atoms with van der Waals surface area (Å²) in [7, 11) is 1.51. The van der Waals surface area contributed by atoms with E-state index in [1.54, 1.807) is 31.2 Å². The second-order valence-electron chi connectivity index (χ2n) is 5.35. The maximum absolute atomic E-state index is 13.5. The van der Waals surface area contributed by atoms with E-state index in [9.17, 15) is 14.0 Å². The molecule has 0 spiro atoms. The van der Waals surface area contributed by atoms with Crippen LogP contribution in [0.3, 0.4) is 0 Å². The van der Waals surface area contributed by atoms with E-state index < -0.39 is 23.8 Å². The molecule has 2 rings (SSSR count). The van der Waals surface area contributed by atoms with E-state index in [-0.39, 0.29) is 5.56 Å². The first-order chi connectivity index (χ1) is 11.8. The zero-order chi connectivity index (χ0) is 18.6. The van der Waals surface area contributed by atoms with Gasteiger partial charge in [0.15, 0.2) is 6.10 Å². The fraction of sp³-hybridized carbons (Fsp3) is 0.222. The Bertz CT molecular complexity index is 810. The van der Waals surface area contributed by atoms with Crippen LogP contribution in [0.4, 0.5) is 10.1 Å². The van der Waals surface area contributed by atoms with E-state index >= 15 is 0 Å². The Labute approximate surface area is 153 Å². The molecular weight excluding hydrogens is 393 g/mol. The lowest BCUT2D eigenvalue weighted by atomic mass is 10.2. The van der Waals surface area contributed by atoms with E-state index in [0.29, 0.717) is 21.5 Å². The zero-order valence-electron chi connectivity index (χ0n) is 13.9. The highest BCUT2D eigenvalue weighted by atomic mass is 79.9. The highest BCUT2D eigenvalue weighted by Gasteiger charge is 2.20. The summed E-state index contributed by atoms with van der Waals surface area (Å²) in [5, 5.41) is 2.51. The predicted molar refractivity (Wildman–Crippen MR) is 95.3 cm³/mol. The van der Waals surface area contributed by atoms with Crippen LogP contribution in [0.25, 0.3) is 0 Å². The number of rotatable bonds is 5. The van der Waals surface area contributed by atoms with Crippen LogP contribution in [0.2, 0.25) is 0 Å². The quantitative estimate of drug-likeness (QED) is 0.755. The van der Waals surface area contributed by atoms with Crippen LogP contribution >= 0.6 is 15.9 Å². The van der Waals surface area contributed by atoms with Crippen LogP contribution in [0.15, 0.2) is 40.9 Å². The van der Waals surface area contributed by atoms with Crippen molar-refractivity contribution in [1.29, 1.82) is 0 Å². The smallest absolute Gasteiger partial charge is 0.338 e. The maximum Gasteiger partial charge on any atom is 0.338 e. The van der Waals surface area contributed by atoms with Gasteiger partial charge in [0.05, 0.1) is 17.1 Å². The number of nitrogens with one attached hydrogen (secondary N) is 1. The van der Waals surface area contributed by atoms with Gasteiger partial charge in [0.2, 0.25) is 0 Å². The van der Waals surface area contributed by atoms with Crippen molar-refractivity contribution in [1.82, 2.24) is 0 Å². The maximum atomic E-state index is 13.5.